The second kappa shape index (κ2) is 5.17. The minimum absolute atomic E-state index is 0.192. The number of benzene rings is 1. The second-order valence-electron chi connectivity index (χ2n) is 5.58. The van der Waals surface area contributed by atoms with Gasteiger partial charge >= 0.3 is 5.51 Å². The molecule has 0 unspecified atom stereocenters. The standard InChI is InChI=1S/C13H17F3N2O2S/c1-12(2)9-17-7-8-18(12)10-3-5-11(6-4-10)21(19,20)13(14,15)16/h3-6,17H,7-9H2,1-2H3. The quantitative estimate of drug-likeness (QED) is 0.907. The average Bonchev–Trinajstić information content (AvgIpc) is 2.37. The molecule has 0 spiro atoms. The maximum absolute atomic E-state index is 12.5. The predicted octanol–water partition coefficient (Wildman–Crippen LogP) is 2.17. The van der Waals surface area contributed by atoms with E-state index in [2.05, 4.69) is 5.32 Å². The molecule has 0 aliphatic carbocycles. The fraction of sp³-hybridized carbons (Fsp3) is 0.538. The number of piperazine rings is 1. The Hall–Kier alpha value is -1.28. The Balaban J connectivity index is 2.32. The molecule has 21 heavy (non-hydrogen) atoms. The molecule has 118 valence electrons. The number of hydrogen-bond acceptors (Lipinski definition) is 4. The third kappa shape index (κ3) is 3.01. The molecule has 0 bridgehead atoms. The average molecular weight is 322 g/mol. The molecule has 2 rings (SSSR count). The first-order chi connectivity index (χ1) is 9.56. The maximum Gasteiger partial charge on any atom is 0.501 e. The summed E-state index contributed by atoms with van der Waals surface area (Å²) in [6.07, 6.45) is 0. The van der Waals surface area contributed by atoms with E-state index in [1.165, 1.54) is 12.1 Å². The molecular formula is C13H17F3N2O2S. The summed E-state index contributed by atoms with van der Waals surface area (Å²) in [4.78, 5) is 1.32. The van der Waals surface area contributed by atoms with Gasteiger partial charge in [-0.15, -0.1) is 0 Å². The summed E-state index contributed by atoms with van der Waals surface area (Å²) in [6.45, 7) is 6.25. The van der Waals surface area contributed by atoms with E-state index in [0.29, 0.717) is 12.2 Å². The normalized spacial score (nSPS) is 19.6. The van der Waals surface area contributed by atoms with Gasteiger partial charge in [0.2, 0.25) is 0 Å². The van der Waals surface area contributed by atoms with Crippen molar-refractivity contribution in [2.45, 2.75) is 29.8 Å². The molecule has 8 heteroatoms. The molecule has 1 aromatic rings. The lowest BCUT2D eigenvalue weighted by Gasteiger charge is -2.44. The van der Waals surface area contributed by atoms with Crippen LogP contribution in [0.1, 0.15) is 13.8 Å². The van der Waals surface area contributed by atoms with Crippen molar-refractivity contribution in [2.75, 3.05) is 24.5 Å². The summed E-state index contributed by atoms with van der Waals surface area (Å²) in [5, 5.41) is 3.24. The number of sulfone groups is 1. The fourth-order valence-corrected chi connectivity index (χ4v) is 3.16. The van der Waals surface area contributed by atoms with Crippen LogP contribution >= 0.6 is 0 Å². The number of halogens is 3. The topological polar surface area (TPSA) is 49.4 Å². The van der Waals surface area contributed by atoms with Crippen molar-refractivity contribution in [3.8, 4) is 0 Å². The number of rotatable bonds is 2. The molecule has 1 aliphatic heterocycles. The van der Waals surface area contributed by atoms with Gasteiger partial charge in [0.15, 0.2) is 0 Å². The van der Waals surface area contributed by atoms with E-state index in [1.807, 2.05) is 18.7 Å². The van der Waals surface area contributed by atoms with E-state index in [4.69, 9.17) is 0 Å². The summed E-state index contributed by atoms with van der Waals surface area (Å²) in [6, 6.07) is 4.87. The molecule has 1 saturated heterocycles. The number of anilines is 1. The van der Waals surface area contributed by atoms with Crippen molar-refractivity contribution in [1.82, 2.24) is 5.32 Å². The third-order valence-electron chi connectivity index (χ3n) is 3.56. The number of nitrogens with zero attached hydrogens (tertiary/aromatic N) is 1. The smallest absolute Gasteiger partial charge is 0.364 e. The zero-order chi connectivity index (χ0) is 15.9. The molecule has 0 radical (unpaired) electrons. The van der Waals surface area contributed by atoms with Crippen LogP contribution in [0.15, 0.2) is 29.2 Å². The number of alkyl halides is 3. The van der Waals surface area contributed by atoms with E-state index in [9.17, 15) is 21.6 Å². The van der Waals surface area contributed by atoms with Crippen LogP contribution in [0.25, 0.3) is 0 Å². The van der Waals surface area contributed by atoms with Crippen LogP contribution in [0.2, 0.25) is 0 Å². The molecule has 0 atom stereocenters. The van der Waals surface area contributed by atoms with E-state index in [1.54, 1.807) is 0 Å². The van der Waals surface area contributed by atoms with Crippen molar-refractivity contribution >= 4 is 15.5 Å². The molecule has 1 heterocycles. The molecule has 1 aliphatic rings. The zero-order valence-electron chi connectivity index (χ0n) is 11.7. The highest BCUT2D eigenvalue weighted by molar-refractivity contribution is 7.92. The summed E-state index contributed by atoms with van der Waals surface area (Å²) >= 11 is 0. The Bertz CT molecular complexity index is 609. The van der Waals surface area contributed by atoms with Crippen LogP contribution in [0.5, 0.6) is 0 Å². The highest BCUT2D eigenvalue weighted by Gasteiger charge is 2.46. The second-order valence-corrected chi connectivity index (χ2v) is 7.53. The van der Waals surface area contributed by atoms with Crippen LogP contribution in [0, 0.1) is 0 Å². The summed E-state index contributed by atoms with van der Waals surface area (Å²) in [5.74, 6) is 0. The van der Waals surface area contributed by atoms with E-state index in [0.717, 1.165) is 25.2 Å². The maximum atomic E-state index is 12.5. The van der Waals surface area contributed by atoms with Gasteiger partial charge in [0, 0.05) is 30.9 Å². The lowest BCUT2D eigenvalue weighted by atomic mass is 9.99. The Morgan fingerprint density at radius 1 is 1.19 bits per heavy atom. The van der Waals surface area contributed by atoms with Gasteiger partial charge < -0.3 is 10.2 Å². The zero-order valence-corrected chi connectivity index (χ0v) is 12.6. The Morgan fingerprint density at radius 2 is 1.76 bits per heavy atom. The minimum Gasteiger partial charge on any atom is -0.364 e. The van der Waals surface area contributed by atoms with Crippen LogP contribution in [0.4, 0.5) is 18.9 Å². The molecular weight excluding hydrogens is 305 g/mol. The first kappa shape index (κ1) is 16.1. The van der Waals surface area contributed by atoms with Gasteiger partial charge in [0.1, 0.15) is 0 Å². The lowest BCUT2D eigenvalue weighted by molar-refractivity contribution is -0.0436. The highest BCUT2D eigenvalue weighted by Crippen LogP contribution is 2.32. The van der Waals surface area contributed by atoms with Gasteiger partial charge in [0.05, 0.1) is 4.90 Å². The Kier molecular flexibility index (Phi) is 3.96. The molecule has 1 aromatic carbocycles. The first-order valence-electron chi connectivity index (χ1n) is 6.45. The highest BCUT2D eigenvalue weighted by atomic mass is 32.2. The van der Waals surface area contributed by atoms with E-state index in [-0.39, 0.29) is 5.54 Å². The summed E-state index contributed by atoms with van der Waals surface area (Å²) in [5.41, 5.74) is -4.76. The van der Waals surface area contributed by atoms with Crippen LogP contribution < -0.4 is 10.2 Å². The summed E-state index contributed by atoms with van der Waals surface area (Å²) in [7, 11) is -5.28. The first-order valence-corrected chi connectivity index (χ1v) is 7.94. The monoisotopic (exact) mass is 322 g/mol. The van der Waals surface area contributed by atoms with Crippen molar-refractivity contribution in [2.24, 2.45) is 0 Å². The number of hydrogen-bond donors (Lipinski definition) is 1. The van der Waals surface area contributed by atoms with Crippen LogP contribution in [-0.2, 0) is 9.84 Å². The van der Waals surface area contributed by atoms with Crippen molar-refractivity contribution in [3.63, 3.8) is 0 Å². The molecule has 0 aromatic heterocycles. The molecule has 4 nitrogen and oxygen atoms in total. The summed E-state index contributed by atoms with van der Waals surface area (Å²) < 4.78 is 60.1. The third-order valence-corrected chi connectivity index (χ3v) is 5.07. The minimum atomic E-state index is -5.28. The fourth-order valence-electron chi connectivity index (χ4n) is 2.40. The SMILES string of the molecule is CC1(C)CNCCN1c1ccc(S(=O)(=O)C(F)(F)F)cc1. The lowest BCUT2D eigenvalue weighted by Crippen LogP contribution is -2.58. The van der Waals surface area contributed by atoms with E-state index < -0.39 is 20.2 Å². The van der Waals surface area contributed by atoms with Gasteiger partial charge in [-0.2, -0.15) is 13.2 Å². The van der Waals surface area contributed by atoms with E-state index >= 15 is 0 Å². The van der Waals surface area contributed by atoms with Gasteiger partial charge in [-0.25, -0.2) is 8.42 Å². The Morgan fingerprint density at radius 3 is 2.24 bits per heavy atom. The van der Waals surface area contributed by atoms with Crippen molar-refractivity contribution < 1.29 is 21.6 Å². The molecule has 0 amide bonds. The molecule has 0 saturated carbocycles. The largest absolute Gasteiger partial charge is 0.501 e. The van der Waals surface area contributed by atoms with Crippen LogP contribution in [0.3, 0.4) is 0 Å². The predicted molar refractivity (Wildman–Crippen MR) is 74.0 cm³/mol. The number of nitrogens with one attached hydrogen (secondary N) is 1. The van der Waals surface area contributed by atoms with Crippen molar-refractivity contribution in [1.29, 1.82) is 0 Å². The van der Waals surface area contributed by atoms with Crippen LogP contribution in [-0.4, -0.2) is 39.1 Å². The van der Waals surface area contributed by atoms with Gasteiger partial charge in [-0.3, -0.25) is 0 Å². The van der Waals surface area contributed by atoms with Gasteiger partial charge in [-0.05, 0) is 38.1 Å². The Labute approximate surface area is 121 Å². The van der Waals surface area contributed by atoms with Crippen molar-refractivity contribution in [3.05, 3.63) is 24.3 Å². The molecule has 1 N–H and O–H groups in total. The van der Waals surface area contributed by atoms with Gasteiger partial charge in [0.25, 0.3) is 9.84 Å². The van der Waals surface area contributed by atoms with Gasteiger partial charge in [-0.1, -0.05) is 0 Å². The molecule has 1 fully saturated rings.